The van der Waals surface area contributed by atoms with E-state index in [9.17, 15) is 0 Å². The first-order valence-corrected chi connectivity index (χ1v) is 7.39. The van der Waals surface area contributed by atoms with Crippen LogP contribution in [0, 0.1) is 17.2 Å². The zero-order valence-corrected chi connectivity index (χ0v) is 12.9. The molecule has 0 aromatic heterocycles. The molecule has 0 aromatic rings. The Morgan fingerprint density at radius 3 is 2.63 bits per heavy atom. The van der Waals surface area contributed by atoms with Crippen LogP contribution in [0.15, 0.2) is 0 Å². The molecule has 0 amide bonds. The van der Waals surface area contributed by atoms with Crippen LogP contribution in [0.2, 0.25) is 0 Å². The van der Waals surface area contributed by atoms with Crippen molar-refractivity contribution in [1.29, 1.82) is 5.26 Å². The fraction of sp³-hybridized carbons (Fsp3) is 0.933. The number of nitriles is 1. The first kappa shape index (κ1) is 16.4. The minimum atomic E-state index is -0.393. The van der Waals surface area contributed by atoms with Gasteiger partial charge < -0.3 is 10.1 Å². The third kappa shape index (κ3) is 5.48. The average Bonchev–Trinajstić information content (AvgIpc) is 3.26. The zero-order chi connectivity index (χ0) is 14.3. The van der Waals surface area contributed by atoms with E-state index >= 15 is 0 Å². The molecule has 1 fully saturated rings. The van der Waals surface area contributed by atoms with Crippen LogP contribution in [0.1, 0.15) is 39.5 Å². The summed E-state index contributed by atoms with van der Waals surface area (Å²) in [6.45, 7) is 7.14. The third-order valence-electron chi connectivity index (χ3n) is 4.38. The molecule has 0 aliphatic heterocycles. The second-order valence-electron chi connectivity index (χ2n) is 5.90. The van der Waals surface area contributed by atoms with Crippen molar-refractivity contribution in [3.8, 4) is 6.07 Å². The molecule has 0 aromatic carbocycles. The SMILES string of the molecule is CNC(C)(C#N)CCCN(CCOC)C(C)C1CC1. The van der Waals surface area contributed by atoms with Crippen molar-refractivity contribution in [2.75, 3.05) is 33.9 Å². The zero-order valence-electron chi connectivity index (χ0n) is 12.9. The highest BCUT2D eigenvalue weighted by molar-refractivity contribution is 5.02. The van der Waals surface area contributed by atoms with Gasteiger partial charge in [0, 0.05) is 19.7 Å². The number of nitrogens with one attached hydrogen (secondary N) is 1. The van der Waals surface area contributed by atoms with Crippen molar-refractivity contribution >= 4 is 0 Å². The highest BCUT2D eigenvalue weighted by Gasteiger charge is 2.32. The molecule has 0 bridgehead atoms. The van der Waals surface area contributed by atoms with Crippen LogP contribution in [0.3, 0.4) is 0 Å². The molecule has 0 radical (unpaired) electrons. The van der Waals surface area contributed by atoms with E-state index in [1.54, 1.807) is 7.11 Å². The predicted octanol–water partition coefficient (Wildman–Crippen LogP) is 2.02. The van der Waals surface area contributed by atoms with E-state index < -0.39 is 5.54 Å². The van der Waals surface area contributed by atoms with Gasteiger partial charge in [0.05, 0.1) is 12.7 Å². The van der Waals surface area contributed by atoms with Crippen LogP contribution >= 0.6 is 0 Å². The molecular weight excluding hydrogens is 238 g/mol. The number of nitrogens with zero attached hydrogens (tertiary/aromatic N) is 2. The second kappa shape index (κ2) is 7.84. The van der Waals surface area contributed by atoms with Crippen LogP contribution in [-0.4, -0.2) is 50.3 Å². The summed E-state index contributed by atoms with van der Waals surface area (Å²) in [6.07, 6.45) is 4.68. The van der Waals surface area contributed by atoms with E-state index in [4.69, 9.17) is 10.00 Å². The van der Waals surface area contributed by atoms with Crippen molar-refractivity contribution in [1.82, 2.24) is 10.2 Å². The Morgan fingerprint density at radius 2 is 2.16 bits per heavy atom. The normalized spacial score (nSPS) is 20.0. The summed E-state index contributed by atoms with van der Waals surface area (Å²) in [5.41, 5.74) is -0.393. The van der Waals surface area contributed by atoms with E-state index in [1.165, 1.54) is 12.8 Å². The molecule has 1 N–H and O–H groups in total. The first-order chi connectivity index (χ1) is 9.06. The van der Waals surface area contributed by atoms with Crippen molar-refractivity contribution < 1.29 is 4.74 Å². The lowest BCUT2D eigenvalue weighted by molar-refractivity contribution is 0.114. The summed E-state index contributed by atoms with van der Waals surface area (Å²) >= 11 is 0. The topological polar surface area (TPSA) is 48.3 Å². The Labute approximate surface area is 118 Å². The molecule has 2 unspecified atom stereocenters. The molecule has 110 valence electrons. The summed E-state index contributed by atoms with van der Waals surface area (Å²) in [5.74, 6) is 0.878. The lowest BCUT2D eigenvalue weighted by atomic mass is 9.97. The fourth-order valence-corrected chi connectivity index (χ4v) is 2.48. The minimum absolute atomic E-state index is 0.393. The molecule has 4 heteroatoms. The Balaban J connectivity index is 2.37. The van der Waals surface area contributed by atoms with Gasteiger partial charge in [-0.15, -0.1) is 0 Å². The van der Waals surface area contributed by atoms with E-state index in [0.717, 1.165) is 38.5 Å². The highest BCUT2D eigenvalue weighted by atomic mass is 16.5. The summed E-state index contributed by atoms with van der Waals surface area (Å²) in [6, 6.07) is 3.01. The molecular formula is C15H29N3O. The number of hydrogen-bond donors (Lipinski definition) is 1. The van der Waals surface area contributed by atoms with Gasteiger partial charge in [-0.3, -0.25) is 4.90 Å². The molecule has 2 atom stereocenters. The maximum absolute atomic E-state index is 9.15. The highest BCUT2D eigenvalue weighted by Crippen LogP contribution is 2.35. The molecule has 1 rings (SSSR count). The Hall–Kier alpha value is -0.630. The summed E-state index contributed by atoms with van der Waals surface area (Å²) in [4.78, 5) is 2.52. The van der Waals surface area contributed by atoms with Crippen LogP contribution in [-0.2, 0) is 4.74 Å². The molecule has 0 saturated heterocycles. The predicted molar refractivity (Wildman–Crippen MR) is 77.9 cm³/mol. The molecule has 1 aliphatic carbocycles. The largest absolute Gasteiger partial charge is 0.383 e. The van der Waals surface area contributed by atoms with Crippen LogP contribution in [0.5, 0.6) is 0 Å². The lowest BCUT2D eigenvalue weighted by Gasteiger charge is -2.30. The number of methoxy groups -OCH3 is 1. The van der Waals surface area contributed by atoms with Gasteiger partial charge in [0.2, 0.25) is 0 Å². The Kier molecular flexibility index (Phi) is 6.78. The summed E-state index contributed by atoms with van der Waals surface area (Å²) < 4.78 is 5.21. The third-order valence-corrected chi connectivity index (χ3v) is 4.38. The van der Waals surface area contributed by atoms with Crippen LogP contribution in [0.4, 0.5) is 0 Å². The van der Waals surface area contributed by atoms with Gasteiger partial charge in [-0.2, -0.15) is 5.26 Å². The van der Waals surface area contributed by atoms with E-state index in [0.29, 0.717) is 6.04 Å². The fourth-order valence-electron chi connectivity index (χ4n) is 2.48. The van der Waals surface area contributed by atoms with Crippen LogP contribution < -0.4 is 5.32 Å². The minimum Gasteiger partial charge on any atom is -0.383 e. The monoisotopic (exact) mass is 267 g/mol. The van der Waals surface area contributed by atoms with E-state index in [1.807, 2.05) is 14.0 Å². The van der Waals surface area contributed by atoms with Gasteiger partial charge >= 0.3 is 0 Å². The van der Waals surface area contributed by atoms with E-state index in [2.05, 4.69) is 23.2 Å². The van der Waals surface area contributed by atoms with Gasteiger partial charge in [0.1, 0.15) is 5.54 Å². The van der Waals surface area contributed by atoms with Crippen molar-refractivity contribution in [2.45, 2.75) is 51.1 Å². The van der Waals surface area contributed by atoms with Crippen LogP contribution in [0.25, 0.3) is 0 Å². The van der Waals surface area contributed by atoms with Gasteiger partial charge in [-0.1, -0.05) is 0 Å². The molecule has 0 spiro atoms. The summed E-state index contributed by atoms with van der Waals surface area (Å²) in [7, 11) is 3.62. The van der Waals surface area contributed by atoms with Gasteiger partial charge in [-0.25, -0.2) is 0 Å². The Morgan fingerprint density at radius 1 is 1.47 bits per heavy atom. The van der Waals surface area contributed by atoms with Gasteiger partial charge in [0.15, 0.2) is 0 Å². The van der Waals surface area contributed by atoms with Gasteiger partial charge in [0.25, 0.3) is 0 Å². The standard InChI is InChI=1S/C15H29N3O/c1-13(14-6-7-14)18(10-11-19-4)9-5-8-15(2,12-16)17-3/h13-14,17H,5-11H2,1-4H3. The quantitative estimate of drug-likeness (QED) is 0.658. The number of rotatable bonds is 10. The molecule has 1 aliphatic rings. The molecule has 0 heterocycles. The Bertz CT molecular complexity index is 298. The van der Waals surface area contributed by atoms with E-state index in [-0.39, 0.29) is 0 Å². The van der Waals surface area contributed by atoms with Crippen molar-refractivity contribution in [3.63, 3.8) is 0 Å². The van der Waals surface area contributed by atoms with Crippen molar-refractivity contribution in [2.24, 2.45) is 5.92 Å². The molecule has 4 nitrogen and oxygen atoms in total. The average molecular weight is 267 g/mol. The first-order valence-electron chi connectivity index (χ1n) is 7.39. The summed E-state index contributed by atoms with van der Waals surface area (Å²) in [5, 5.41) is 12.3. The van der Waals surface area contributed by atoms with Crippen molar-refractivity contribution in [3.05, 3.63) is 0 Å². The maximum Gasteiger partial charge on any atom is 0.103 e. The molecule has 1 saturated carbocycles. The second-order valence-corrected chi connectivity index (χ2v) is 5.90. The molecule has 19 heavy (non-hydrogen) atoms. The number of hydrogen-bond acceptors (Lipinski definition) is 4. The maximum atomic E-state index is 9.15. The smallest absolute Gasteiger partial charge is 0.103 e. The number of ether oxygens (including phenoxy) is 1. The van der Waals surface area contributed by atoms with Gasteiger partial charge in [-0.05, 0) is 59.0 Å². The lowest BCUT2D eigenvalue weighted by Crippen LogP contribution is -2.41.